The minimum Gasteiger partial charge on any atom is -0.370 e. The highest BCUT2D eigenvalue weighted by atomic mass is 32.1. The molecule has 2 heterocycles. The van der Waals surface area contributed by atoms with Crippen molar-refractivity contribution in [3.05, 3.63) is 28.8 Å². The molecule has 0 N–H and O–H groups in total. The molecule has 0 radical (unpaired) electrons. The summed E-state index contributed by atoms with van der Waals surface area (Å²) in [5, 5.41) is 0. The van der Waals surface area contributed by atoms with Crippen molar-refractivity contribution in [2.24, 2.45) is 5.92 Å². The molecule has 1 aromatic carbocycles. The van der Waals surface area contributed by atoms with Gasteiger partial charge in [0.25, 0.3) is 5.91 Å². The minimum atomic E-state index is -4.70. The molecule has 3 rings (SSSR count). The summed E-state index contributed by atoms with van der Waals surface area (Å²) in [6.07, 6.45) is -9.08. The van der Waals surface area contributed by atoms with Crippen LogP contribution in [0.3, 0.4) is 0 Å². The van der Waals surface area contributed by atoms with Gasteiger partial charge >= 0.3 is 12.4 Å². The van der Waals surface area contributed by atoms with Gasteiger partial charge in [-0.15, -0.1) is 0 Å². The molecule has 1 aromatic rings. The molecular formula is C13H10F6N2OS. The minimum absolute atomic E-state index is 0.0337. The molecule has 126 valence electrons. The third-order valence-corrected chi connectivity index (χ3v) is 4.35. The number of halogens is 6. The van der Waals surface area contributed by atoms with Crippen LogP contribution in [-0.4, -0.2) is 29.5 Å². The predicted molar refractivity (Wildman–Crippen MR) is 72.1 cm³/mol. The Morgan fingerprint density at radius 3 is 2.22 bits per heavy atom. The first-order valence-corrected chi connectivity index (χ1v) is 6.95. The van der Waals surface area contributed by atoms with Crippen LogP contribution in [0.25, 0.3) is 0 Å². The molecule has 0 bridgehead atoms. The number of amides is 1. The zero-order valence-electron chi connectivity index (χ0n) is 11.4. The summed E-state index contributed by atoms with van der Waals surface area (Å²) in [6, 6.07) is 2.00. The lowest BCUT2D eigenvalue weighted by Crippen LogP contribution is -2.53. The molecular weight excluding hydrogens is 346 g/mol. The van der Waals surface area contributed by atoms with Crippen molar-refractivity contribution in [1.82, 2.24) is 4.31 Å². The molecule has 0 unspecified atom stereocenters. The average Bonchev–Trinajstić information content (AvgIpc) is 2.60. The number of anilines is 1. The van der Waals surface area contributed by atoms with Gasteiger partial charge in [0, 0.05) is 24.3 Å². The predicted octanol–water partition coefficient (Wildman–Crippen LogP) is 3.50. The summed E-state index contributed by atoms with van der Waals surface area (Å²) in [5.74, 6) is -2.26. The number of hydrogen-bond acceptors (Lipinski definition) is 3. The molecule has 0 spiro atoms. The van der Waals surface area contributed by atoms with Gasteiger partial charge in [-0.2, -0.15) is 26.3 Å². The van der Waals surface area contributed by atoms with Crippen molar-refractivity contribution in [2.75, 3.05) is 18.0 Å². The van der Waals surface area contributed by atoms with E-state index >= 15 is 0 Å². The van der Waals surface area contributed by atoms with Crippen molar-refractivity contribution >= 4 is 24.4 Å². The second kappa shape index (κ2) is 4.96. The first-order chi connectivity index (χ1) is 10.5. The highest BCUT2D eigenvalue weighted by Gasteiger charge is 2.48. The maximum atomic E-state index is 13.2. The quantitative estimate of drug-likeness (QED) is 0.615. The number of fused-ring (bicyclic) bond motifs is 1. The smallest absolute Gasteiger partial charge is 0.370 e. The van der Waals surface area contributed by atoms with Crippen molar-refractivity contribution in [3.63, 3.8) is 0 Å². The third kappa shape index (κ3) is 2.73. The van der Waals surface area contributed by atoms with E-state index in [0.29, 0.717) is 0 Å². The first kappa shape index (κ1) is 16.3. The maximum absolute atomic E-state index is 13.2. The average molecular weight is 356 g/mol. The fourth-order valence-corrected chi connectivity index (χ4v) is 2.96. The molecule has 2 aliphatic rings. The summed E-state index contributed by atoms with van der Waals surface area (Å²) >= 11 is 3.80. The number of carbonyl (C=O) groups excluding carboxylic acids is 1. The lowest BCUT2D eigenvalue weighted by molar-refractivity contribution is -0.180. The third-order valence-electron chi connectivity index (χ3n) is 4.02. The number of rotatable bonds is 1. The van der Waals surface area contributed by atoms with E-state index in [1.807, 2.05) is 0 Å². The van der Waals surface area contributed by atoms with Crippen LogP contribution in [0.1, 0.15) is 21.5 Å². The van der Waals surface area contributed by atoms with E-state index in [0.717, 1.165) is 10.4 Å². The van der Waals surface area contributed by atoms with Gasteiger partial charge in [0.2, 0.25) is 0 Å². The van der Waals surface area contributed by atoms with Crippen LogP contribution < -0.4 is 4.90 Å². The second-order valence-electron chi connectivity index (χ2n) is 5.52. The van der Waals surface area contributed by atoms with E-state index < -0.39 is 42.8 Å². The number of thiol groups is 1. The molecule has 23 heavy (non-hydrogen) atoms. The fraction of sp³-hybridized carbons (Fsp3) is 0.462. The fourth-order valence-electron chi connectivity index (χ4n) is 2.71. The summed E-state index contributed by atoms with van der Waals surface area (Å²) in [6.45, 7) is -1.13. The molecule has 0 aromatic heterocycles. The van der Waals surface area contributed by atoms with Gasteiger partial charge in [0.1, 0.15) is 0 Å². The summed E-state index contributed by atoms with van der Waals surface area (Å²) in [5.41, 5.74) is -1.41. The van der Waals surface area contributed by atoms with Crippen LogP contribution in [0.2, 0.25) is 0 Å². The first-order valence-electron chi connectivity index (χ1n) is 6.55. The molecule has 0 saturated carbocycles. The van der Waals surface area contributed by atoms with Crippen LogP contribution in [-0.2, 0) is 12.7 Å². The number of nitrogens with zero attached hydrogens (tertiary/aromatic N) is 2. The zero-order valence-corrected chi connectivity index (χ0v) is 12.3. The molecule has 3 nitrogen and oxygen atoms in total. The van der Waals surface area contributed by atoms with Crippen molar-refractivity contribution in [1.29, 1.82) is 0 Å². The normalized spacial score (nSPS) is 19.2. The van der Waals surface area contributed by atoms with Gasteiger partial charge in [-0.05, 0) is 17.7 Å². The van der Waals surface area contributed by atoms with Gasteiger partial charge in [0.05, 0.1) is 18.0 Å². The van der Waals surface area contributed by atoms with Crippen molar-refractivity contribution < 1.29 is 31.1 Å². The Morgan fingerprint density at radius 2 is 1.70 bits per heavy atom. The SMILES string of the molecule is O=C1c2cc(N3CC(C(F)(F)F)C3)cc(C(F)(F)F)c2CN1S. The molecule has 1 amide bonds. The van der Waals surface area contributed by atoms with Gasteiger partial charge in [-0.3, -0.25) is 9.10 Å². The summed E-state index contributed by atoms with van der Waals surface area (Å²) in [7, 11) is 0. The Hall–Kier alpha value is -1.58. The van der Waals surface area contributed by atoms with Crippen molar-refractivity contribution in [2.45, 2.75) is 18.9 Å². The number of alkyl halides is 6. The van der Waals surface area contributed by atoms with E-state index in [1.165, 1.54) is 11.0 Å². The lowest BCUT2D eigenvalue weighted by Gasteiger charge is -2.42. The summed E-state index contributed by atoms with van der Waals surface area (Å²) < 4.78 is 77.9. The van der Waals surface area contributed by atoms with Crippen LogP contribution in [0.5, 0.6) is 0 Å². The van der Waals surface area contributed by atoms with Crippen LogP contribution >= 0.6 is 12.8 Å². The molecule has 1 saturated heterocycles. The Morgan fingerprint density at radius 1 is 1.09 bits per heavy atom. The van der Waals surface area contributed by atoms with E-state index in [1.54, 1.807) is 0 Å². The van der Waals surface area contributed by atoms with Gasteiger partial charge < -0.3 is 4.90 Å². The lowest BCUT2D eigenvalue weighted by atomic mass is 9.95. The van der Waals surface area contributed by atoms with E-state index in [9.17, 15) is 31.1 Å². The highest BCUT2D eigenvalue weighted by molar-refractivity contribution is 7.78. The molecule has 1 fully saturated rings. The van der Waals surface area contributed by atoms with Crippen molar-refractivity contribution in [3.8, 4) is 0 Å². The van der Waals surface area contributed by atoms with E-state index in [4.69, 9.17) is 0 Å². The van der Waals surface area contributed by atoms with E-state index in [2.05, 4.69) is 12.8 Å². The van der Waals surface area contributed by atoms with Crippen LogP contribution in [0.15, 0.2) is 12.1 Å². The standard InChI is InChI=1S/C13H10F6N2OS/c14-12(15,16)6-3-20(4-6)7-1-8-9(5-21(23)11(8)22)10(2-7)13(17,18)19/h1-2,6,23H,3-5H2. The number of carbonyl (C=O) groups is 1. The maximum Gasteiger partial charge on any atom is 0.416 e. The topological polar surface area (TPSA) is 23.6 Å². The Kier molecular flexibility index (Phi) is 3.51. The van der Waals surface area contributed by atoms with Gasteiger partial charge in [0.15, 0.2) is 0 Å². The van der Waals surface area contributed by atoms with Gasteiger partial charge in [-0.1, -0.05) is 12.8 Å². The molecule has 0 aliphatic carbocycles. The number of benzene rings is 1. The second-order valence-corrected chi connectivity index (χ2v) is 6.01. The summed E-state index contributed by atoms with van der Waals surface area (Å²) in [4.78, 5) is 13.0. The number of hydrogen-bond donors (Lipinski definition) is 1. The monoisotopic (exact) mass is 356 g/mol. The Labute approximate surface area is 132 Å². The van der Waals surface area contributed by atoms with Gasteiger partial charge in [-0.25, -0.2) is 0 Å². The Bertz CT molecular complexity index is 666. The Balaban J connectivity index is 1.97. The molecule has 2 aliphatic heterocycles. The zero-order chi connectivity index (χ0) is 17.2. The molecule has 10 heteroatoms. The largest absolute Gasteiger partial charge is 0.416 e. The molecule has 0 atom stereocenters. The van der Waals surface area contributed by atoms with Crippen LogP contribution in [0, 0.1) is 5.92 Å². The van der Waals surface area contributed by atoms with Crippen LogP contribution in [0.4, 0.5) is 32.0 Å². The highest BCUT2D eigenvalue weighted by Crippen LogP contribution is 2.43. The van der Waals surface area contributed by atoms with E-state index in [-0.39, 0.29) is 23.4 Å².